The third-order valence-corrected chi connectivity index (χ3v) is 4.39. The maximum Gasteiger partial charge on any atom is 0.126 e. The number of pyridine rings is 1. The molecular formula is C17H29N3. The van der Waals surface area contributed by atoms with Gasteiger partial charge in [-0.25, -0.2) is 4.98 Å². The number of hydrogen-bond acceptors (Lipinski definition) is 3. The smallest absolute Gasteiger partial charge is 0.126 e. The predicted molar refractivity (Wildman–Crippen MR) is 86.0 cm³/mol. The summed E-state index contributed by atoms with van der Waals surface area (Å²) in [6.45, 7) is 10.2. The summed E-state index contributed by atoms with van der Waals surface area (Å²) in [4.78, 5) is 7.21. The average Bonchev–Trinajstić information content (AvgIpc) is 2.48. The molecule has 0 saturated carbocycles. The summed E-state index contributed by atoms with van der Waals surface area (Å²) in [5, 5.41) is 3.43. The molecule has 0 bridgehead atoms. The van der Waals surface area contributed by atoms with E-state index in [0.29, 0.717) is 18.1 Å². The number of nitrogens with one attached hydrogen (secondary N) is 1. The monoisotopic (exact) mass is 275 g/mol. The second-order valence-electron chi connectivity index (χ2n) is 6.27. The molecule has 3 nitrogen and oxygen atoms in total. The number of anilines is 1. The van der Waals surface area contributed by atoms with Crippen LogP contribution in [0.25, 0.3) is 0 Å². The molecule has 1 aliphatic heterocycles. The molecule has 0 amide bonds. The van der Waals surface area contributed by atoms with Crippen molar-refractivity contribution in [3.8, 4) is 0 Å². The predicted octanol–water partition coefficient (Wildman–Crippen LogP) is 4.23. The van der Waals surface area contributed by atoms with Gasteiger partial charge in [0.15, 0.2) is 0 Å². The Balaban J connectivity index is 2.08. The number of nitrogens with zero attached hydrogens (tertiary/aromatic N) is 2. The Bertz CT molecular complexity index is 399. The summed E-state index contributed by atoms with van der Waals surface area (Å²) >= 11 is 0. The first kappa shape index (κ1) is 15.3. The van der Waals surface area contributed by atoms with Crippen LogP contribution in [0.15, 0.2) is 18.3 Å². The third-order valence-electron chi connectivity index (χ3n) is 4.39. The van der Waals surface area contributed by atoms with E-state index in [4.69, 9.17) is 0 Å². The molecule has 2 heterocycles. The second-order valence-corrected chi connectivity index (χ2v) is 6.27. The number of rotatable bonds is 5. The van der Waals surface area contributed by atoms with Gasteiger partial charge in [-0.05, 0) is 58.2 Å². The minimum atomic E-state index is 0.482. The van der Waals surface area contributed by atoms with E-state index >= 15 is 0 Å². The molecule has 1 N–H and O–H groups in total. The standard InChI is InChI=1S/C17H29N3/c1-5-14(4)19-17-10-9-15(12-18-17)16-8-6-7-11-20(16)13(2)3/h9-10,12-14,16H,5-8,11H2,1-4H3,(H,18,19)/t14-,16+/m0/s1. The van der Waals surface area contributed by atoms with Crippen molar-refractivity contribution in [3.63, 3.8) is 0 Å². The summed E-state index contributed by atoms with van der Waals surface area (Å²) in [5.74, 6) is 0.995. The Morgan fingerprint density at radius 1 is 1.30 bits per heavy atom. The fourth-order valence-electron chi connectivity index (χ4n) is 2.97. The van der Waals surface area contributed by atoms with E-state index in [1.807, 2.05) is 0 Å². The number of likely N-dealkylation sites (tertiary alicyclic amines) is 1. The molecule has 1 saturated heterocycles. The summed E-state index contributed by atoms with van der Waals surface area (Å²) in [7, 11) is 0. The zero-order valence-corrected chi connectivity index (χ0v) is 13.4. The van der Waals surface area contributed by atoms with E-state index in [2.05, 4.69) is 61.2 Å². The number of piperidine rings is 1. The Hall–Kier alpha value is -1.09. The highest BCUT2D eigenvalue weighted by Crippen LogP contribution is 2.32. The Labute approximate surface area is 123 Å². The van der Waals surface area contributed by atoms with Gasteiger partial charge in [-0.15, -0.1) is 0 Å². The summed E-state index contributed by atoms with van der Waals surface area (Å²) < 4.78 is 0. The van der Waals surface area contributed by atoms with Crippen molar-refractivity contribution in [1.29, 1.82) is 0 Å². The van der Waals surface area contributed by atoms with Gasteiger partial charge in [0.1, 0.15) is 5.82 Å². The molecule has 0 radical (unpaired) electrons. The minimum Gasteiger partial charge on any atom is -0.368 e. The highest BCUT2D eigenvalue weighted by molar-refractivity contribution is 5.37. The van der Waals surface area contributed by atoms with Gasteiger partial charge in [0, 0.05) is 24.3 Å². The van der Waals surface area contributed by atoms with E-state index in [1.165, 1.54) is 31.4 Å². The fourth-order valence-corrected chi connectivity index (χ4v) is 2.97. The van der Waals surface area contributed by atoms with Crippen molar-refractivity contribution in [2.24, 2.45) is 0 Å². The van der Waals surface area contributed by atoms with Crippen LogP contribution in [-0.2, 0) is 0 Å². The van der Waals surface area contributed by atoms with Gasteiger partial charge in [0.25, 0.3) is 0 Å². The molecule has 3 heteroatoms. The molecular weight excluding hydrogens is 246 g/mol. The van der Waals surface area contributed by atoms with E-state index < -0.39 is 0 Å². The van der Waals surface area contributed by atoms with Gasteiger partial charge in [0.05, 0.1) is 0 Å². The van der Waals surface area contributed by atoms with Gasteiger partial charge in [-0.1, -0.05) is 19.4 Å². The van der Waals surface area contributed by atoms with Crippen LogP contribution in [-0.4, -0.2) is 28.5 Å². The number of aromatic nitrogens is 1. The molecule has 1 aromatic rings. The number of hydrogen-bond donors (Lipinski definition) is 1. The first-order chi connectivity index (χ1) is 9.61. The molecule has 20 heavy (non-hydrogen) atoms. The van der Waals surface area contributed by atoms with E-state index in [9.17, 15) is 0 Å². The quantitative estimate of drug-likeness (QED) is 0.871. The lowest BCUT2D eigenvalue weighted by Crippen LogP contribution is -2.38. The largest absolute Gasteiger partial charge is 0.368 e. The summed E-state index contributed by atoms with van der Waals surface area (Å²) in [6.07, 6.45) is 7.11. The summed E-state index contributed by atoms with van der Waals surface area (Å²) in [5.41, 5.74) is 1.37. The SMILES string of the molecule is CC[C@H](C)Nc1ccc([C@H]2CCCCN2C(C)C)cn1. The summed E-state index contributed by atoms with van der Waals surface area (Å²) in [6, 6.07) is 6.03. The van der Waals surface area contributed by atoms with Crippen LogP contribution >= 0.6 is 0 Å². The van der Waals surface area contributed by atoms with Crippen molar-refractivity contribution in [2.45, 2.75) is 71.5 Å². The highest BCUT2D eigenvalue weighted by atomic mass is 15.2. The van der Waals surface area contributed by atoms with Crippen molar-refractivity contribution >= 4 is 5.82 Å². The molecule has 2 atom stereocenters. The van der Waals surface area contributed by atoms with Crippen LogP contribution in [0, 0.1) is 0 Å². The molecule has 112 valence electrons. The van der Waals surface area contributed by atoms with Crippen molar-refractivity contribution in [1.82, 2.24) is 9.88 Å². The van der Waals surface area contributed by atoms with Crippen molar-refractivity contribution < 1.29 is 0 Å². The lowest BCUT2D eigenvalue weighted by molar-refractivity contribution is 0.112. The van der Waals surface area contributed by atoms with Crippen LogP contribution in [0.5, 0.6) is 0 Å². The molecule has 1 aliphatic rings. The van der Waals surface area contributed by atoms with Crippen LogP contribution in [0.1, 0.15) is 65.0 Å². The molecule has 0 unspecified atom stereocenters. The van der Waals surface area contributed by atoms with Crippen LogP contribution < -0.4 is 5.32 Å². The van der Waals surface area contributed by atoms with Crippen LogP contribution in [0.2, 0.25) is 0 Å². The highest BCUT2D eigenvalue weighted by Gasteiger charge is 2.25. The topological polar surface area (TPSA) is 28.2 Å². The normalized spacial score (nSPS) is 21.9. The Kier molecular flexibility index (Phi) is 5.41. The average molecular weight is 275 g/mol. The molecule has 0 aliphatic carbocycles. The fraction of sp³-hybridized carbons (Fsp3) is 0.706. The van der Waals surface area contributed by atoms with Gasteiger partial charge in [-0.3, -0.25) is 4.90 Å². The van der Waals surface area contributed by atoms with Gasteiger partial charge in [0.2, 0.25) is 0 Å². The Morgan fingerprint density at radius 3 is 2.70 bits per heavy atom. The molecule has 1 fully saturated rings. The van der Waals surface area contributed by atoms with Crippen LogP contribution in [0.3, 0.4) is 0 Å². The van der Waals surface area contributed by atoms with Crippen molar-refractivity contribution in [2.75, 3.05) is 11.9 Å². The van der Waals surface area contributed by atoms with E-state index in [0.717, 1.165) is 12.2 Å². The molecule has 2 rings (SSSR count). The zero-order valence-electron chi connectivity index (χ0n) is 13.4. The Morgan fingerprint density at radius 2 is 2.10 bits per heavy atom. The zero-order chi connectivity index (χ0) is 14.5. The molecule has 0 aromatic carbocycles. The first-order valence-electron chi connectivity index (χ1n) is 8.10. The van der Waals surface area contributed by atoms with E-state index in [-0.39, 0.29) is 0 Å². The lowest BCUT2D eigenvalue weighted by atomic mass is 9.95. The first-order valence-corrected chi connectivity index (χ1v) is 8.10. The van der Waals surface area contributed by atoms with Gasteiger partial charge >= 0.3 is 0 Å². The minimum absolute atomic E-state index is 0.482. The molecule has 0 spiro atoms. The van der Waals surface area contributed by atoms with Gasteiger partial charge in [-0.2, -0.15) is 0 Å². The van der Waals surface area contributed by atoms with Gasteiger partial charge < -0.3 is 5.32 Å². The van der Waals surface area contributed by atoms with E-state index in [1.54, 1.807) is 0 Å². The molecule has 1 aromatic heterocycles. The maximum absolute atomic E-state index is 4.60. The third kappa shape index (κ3) is 3.72. The van der Waals surface area contributed by atoms with Crippen molar-refractivity contribution in [3.05, 3.63) is 23.9 Å². The lowest BCUT2D eigenvalue weighted by Gasteiger charge is -2.38. The van der Waals surface area contributed by atoms with Crippen LogP contribution in [0.4, 0.5) is 5.82 Å². The maximum atomic E-state index is 4.60. The second kappa shape index (κ2) is 7.07.